The summed E-state index contributed by atoms with van der Waals surface area (Å²) in [6.45, 7) is 5.04. The van der Waals surface area contributed by atoms with Crippen LogP contribution in [0.1, 0.15) is 42.6 Å². The highest BCUT2D eigenvalue weighted by atomic mass is 35.5. The highest BCUT2D eigenvalue weighted by Gasteiger charge is 2.70. The molecule has 25 heavy (non-hydrogen) atoms. The molecule has 2 fully saturated rings. The van der Waals surface area contributed by atoms with Gasteiger partial charge in [0, 0.05) is 30.0 Å². The summed E-state index contributed by atoms with van der Waals surface area (Å²) in [6.07, 6.45) is 1.89. The van der Waals surface area contributed by atoms with Crippen LogP contribution in [0.3, 0.4) is 0 Å². The molecule has 138 valence electrons. The van der Waals surface area contributed by atoms with Gasteiger partial charge in [0.1, 0.15) is 5.54 Å². The van der Waals surface area contributed by atoms with Crippen molar-refractivity contribution in [2.75, 3.05) is 6.61 Å². The third kappa shape index (κ3) is 3.03. The lowest BCUT2D eigenvalue weighted by molar-refractivity contribution is -0.225. The fourth-order valence-corrected chi connectivity index (χ4v) is 4.20. The first kappa shape index (κ1) is 19.7. The first-order valence-corrected chi connectivity index (χ1v) is 8.36. The van der Waals surface area contributed by atoms with Crippen molar-refractivity contribution < 1.29 is 14.3 Å². The standard InChI is InChI=1S/C18H25N3O3.ClH/c1-17(2)14-13(7-4-8-24-14)18(17,20)16(23)21-10-11-5-3-6-12(9-11)15(19)22;/h3,5-6,9,13-14H,4,7-8,10,20H2,1-2H3,(H2,19,22)(H,21,23);1H. The molecule has 1 saturated heterocycles. The Balaban J connectivity index is 0.00000225. The van der Waals surface area contributed by atoms with Crippen LogP contribution < -0.4 is 16.8 Å². The van der Waals surface area contributed by atoms with E-state index in [1.165, 1.54) is 0 Å². The Morgan fingerprint density at radius 1 is 1.36 bits per heavy atom. The zero-order valence-corrected chi connectivity index (χ0v) is 15.4. The summed E-state index contributed by atoms with van der Waals surface area (Å²) in [7, 11) is 0. The van der Waals surface area contributed by atoms with Crippen molar-refractivity contribution in [3.8, 4) is 0 Å². The van der Waals surface area contributed by atoms with Gasteiger partial charge in [-0.05, 0) is 30.5 Å². The van der Waals surface area contributed by atoms with Crippen molar-refractivity contribution in [2.24, 2.45) is 22.8 Å². The Bertz CT molecular complexity index is 679. The fraction of sp³-hybridized carbons (Fsp3) is 0.556. The molecule has 0 bridgehead atoms. The largest absolute Gasteiger partial charge is 0.377 e. The molecule has 3 unspecified atom stereocenters. The number of hydrogen-bond donors (Lipinski definition) is 3. The Morgan fingerprint density at radius 3 is 2.76 bits per heavy atom. The van der Waals surface area contributed by atoms with Gasteiger partial charge in [-0.15, -0.1) is 12.4 Å². The molecular formula is C18H26ClN3O3. The molecule has 1 aromatic carbocycles. The van der Waals surface area contributed by atoms with Crippen LogP contribution in [0.15, 0.2) is 24.3 Å². The Hall–Kier alpha value is -1.63. The lowest BCUT2D eigenvalue weighted by atomic mass is 9.46. The van der Waals surface area contributed by atoms with Crippen LogP contribution in [0.25, 0.3) is 0 Å². The second-order valence-electron chi connectivity index (χ2n) is 7.38. The molecule has 1 aliphatic heterocycles. The number of carbonyl (C=O) groups is 2. The number of fused-ring (bicyclic) bond motifs is 1. The van der Waals surface area contributed by atoms with Crippen molar-refractivity contribution >= 4 is 24.2 Å². The smallest absolute Gasteiger partial charge is 0.248 e. The van der Waals surface area contributed by atoms with Crippen LogP contribution >= 0.6 is 12.4 Å². The van der Waals surface area contributed by atoms with Crippen LogP contribution in [0.4, 0.5) is 0 Å². The minimum atomic E-state index is -0.931. The van der Waals surface area contributed by atoms with Crippen LogP contribution in [0.5, 0.6) is 0 Å². The first-order valence-electron chi connectivity index (χ1n) is 8.36. The van der Waals surface area contributed by atoms with Crippen LogP contribution in [0, 0.1) is 11.3 Å². The van der Waals surface area contributed by atoms with Crippen molar-refractivity contribution in [1.82, 2.24) is 5.32 Å². The van der Waals surface area contributed by atoms with Gasteiger partial charge in [0.2, 0.25) is 11.8 Å². The minimum absolute atomic E-state index is 0. The first-order chi connectivity index (χ1) is 11.3. The molecule has 0 spiro atoms. The summed E-state index contributed by atoms with van der Waals surface area (Å²) in [5.74, 6) is -0.595. The summed E-state index contributed by atoms with van der Waals surface area (Å²) in [5.41, 5.74) is 11.7. The second kappa shape index (κ2) is 6.94. The lowest BCUT2D eigenvalue weighted by Gasteiger charge is -2.65. The van der Waals surface area contributed by atoms with E-state index in [0.717, 1.165) is 25.0 Å². The number of rotatable bonds is 4. The number of benzene rings is 1. The zero-order chi connectivity index (χ0) is 17.5. The number of hydrogen-bond acceptors (Lipinski definition) is 4. The van der Waals surface area contributed by atoms with Gasteiger partial charge in [0.05, 0.1) is 6.10 Å². The van der Waals surface area contributed by atoms with Gasteiger partial charge in [-0.2, -0.15) is 0 Å². The number of amides is 2. The third-order valence-electron chi connectivity index (χ3n) is 5.72. The molecule has 1 aromatic rings. The Kier molecular flexibility index (Phi) is 5.47. The van der Waals surface area contributed by atoms with Crippen molar-refractivity contribution in [2.45, 2.75) is 44.9 Å². The maximum Gasteiger partial charge on any atom is 0.248 e. The molecule has 5 N–H and O–H groups in total. The number of halogens is 1. The van der Waals surface area contributed by atoms with Gasteiger partial charge in [0.25, 0.3) is 0 Å². The normalized spacial score (nSPS) is 29.6. The molecule has 2 aliphatic rings. The van der Waals surface area contributed by atoms with Gasteiger partial charge < -0.3 is 21.5 Å². The third-order valence-corrected chi connectivity index (χ3v) is 5.72. The SMILES string of the molecule is CC1(C)C2OCCCC2C1(N)C(=O)NCc1cccc(C(N)=O)c1.Cl. The Morgan fingerprint density at radius 2 is 2.08 bits per heavy atom. The summed E-state index contributed by atoms with van der Waals surface area (Å²) >= 11 is 0. The van der Waals surface area contributed by atoms with E-state index in [2.05, 4.69) is 5.32 Å². The number of nitrogens with two attached hydrogens (primary N) is 2. The average molecular weight is 368 g/mol. The average Bonchev–Trinajstić information content (AvgIpc) is 2.59. The van der Waals surface area contributed by atoms with E-state index in [0.29, 0.717) is 12.1 Å². The molecule has 1 aliphatic carbocycles. The van der Waals surface area contributed by atoms with Crippen LogP contribution in [-0.4, -0.2) is 30.1 Å². The highest BCUT2D eigenvalue weighted by Crippen LogP contribution is 2.57. The quantitative estimate of drug-likeness (QED) is 0.746. The molecule has 1 saturated carbocycles. The van der Waals surface area contributed by atoms with Crippen molar-refractivity contribution in [3.63, 3.8) is 0 Å². The number of carbonyl (C=O) groups excluding carboxylic acids is 2. The molecule has 3 atom stereocenters. The van der Waals surface area contributed by atoms with E-state index in [9.17, 15) is 9.59 Å². The summed E-state index contributed by atoms with van der Waals surface area (Å²) in [4.78, 5) is 24.1. The molecule has 3 rings (SSSR count). The van der Waals surface area contributed by atoms with Crippen molar-refractivity contribution in [1.29, 1.82) is 0 Å². The van der Waals surface area contributed by atoms with E-state index in [1.54, 1.807) is 18.2 Å². The Labute approximate surface area is 154 Å². The number of ether oxygens (including phenoxy) is 1. The monoisotopic (exact) mass is 367 g/mol. The summed E-state index contributed by atoms with van der Waals surface area (Å²) < 4.78 is 5.83. The zero-order valence-electron chi connectivity index (χ0n) is 14.6. The topological polar surface area (TPSA) is 107 Å². The van der Waals surface area contributed by atoms with Gasteiger partial charge in [-0.3, -0.25) is 9.59 Å². The molecule has 0 radical (unpaired) electrons. The molecular weight excluding hydrogens is 342 g/mol. The van der Waals surface area contributed by atoms with Crippen LogP contribution in [0.2, 0.25) is 0 Å². The van der Waals surface area contributed by atoms with E-state index in [4.69, 9.17) is 16.2 Å². The minimum Gasteiger partial charge on any atom is -0.377 e. The van der Waals surface area contributed by atoms with Gasteiger partial charge >= 0.3 is 0 Å². The summed E-state index contributed by atoms with van der Waals surface area (Å²) in [5, 5.41) is 2.92. The summed E-state index contributed by atoms with van der Waals surface area (Å²) in [6, 6.07) is 6.92. The van der Waals surface area contributed by atoms with E-state index >= 15 is 0 Å². The predicted molar refractivity (Wildman–Crippen MR) is 97.2 cm³/mol. The van der Waals surface area contributed by atoms with Crippen molar-refractivity contribution in [3.05, 3.63) is 35.4 Å². The number of primary amides is 1. The van der Waals surface area contributed by atoms with Gasteiger partial charge in [0.15, 0.2) is 0 Å². The van der Waals surface area contributed by atoms with E-state index in [1.807, 2.05) is 19.9 Å². The molecule has 1 heterocycles. The van der Waals surface area contributed by atoms with E-state index < -0.39 is 16.9 Å². The fourth-order valence-electron chi connectivity index (χ4n) is 4.20. The molecule has 2 amide bonds. The molecule has 7 heteroatoms. The van der Waals surface area contributed by atoms with Gasteiger partial charge in [-0.1, -0.05) is 26.0 Å². The molecule has 0 aromatic heterocycles. The second-order valence-corrected chi connectivity index (χ2v) is 7.38. The number of nitrogens with one attached hydrogen (secondary N) is 1. The van der Waals surface area contributed by atoms with E-state index in [-0.39, 0.29) is 30.3 Å². The highest BCUT2D eigenvalue weighted by molar-refractivity contribution is 5.93. The molecule has 6 nitrogen and oxygen atoms in total. The maximum atomic E-state index is 12.8. The van der Waals surface area contributed by atoms with Gasteiger partial charge in [-0.25, -0.2) is 0 Å². The maximum absolute atomic E-state index is 12.8. The lowest BCUT2D eigenvalue weighted by Crippen LogP contribution is -2.82. The van der Waals surface area contributed by atoms with Crippen LogP contribution in [-0.2, 0) is 16.1 Å². The predicted octanol–water partition coefficient (Wildman–Crippen LogP) is 1.36.